The molecule has 0 aromatic rings. The van der Waals surface area contributed by atoms with E-state index in [1.807, 2.05) is 0 Å². The van der Waals surface area contributed by atoms with Crippen molar-refractivity contribution in [3.8, 4) is 0 Å². The maximum atomic E-state index is 12.8. The summed E-state index contributed by atoms with van der Waals surface area (Å²) in [6, 6.07) is 0. The minimum absolute atomic E-state index is 0.0629. The van der Waals surface area contributed by atoms with Crippen LogP contribution in [-0.4, -0.2) is 47.7 Å². The Morgan fingerprint density at radius 2 is 1.86 bits per heavy atom. The van der Waals surface area contributed by atoms with E-state index in [4.69, 9.17) is 4.74 Å². The Morgan fingerprint density at radius 1 is 1.24 bits per heavy atom. The number of ether oxygens (including phenoxy) is 1. The maximum Gasteiger partial charge on any atom is 0.236 e. The Hall–Kier alpha value is -0.940. The SMILES string of the molecule is COCCC(C)(O)CN1C(=O)CC2(CCCCCC2)C1=O. The van der Waals surface area contributed by atoms with Gasteiger partial charge in [-0.1, -0.05) is 25.7 Å². The Kier molecular flexibility index (Phi) is 5.04. The van der Waals surface area contributed by atoms with E-state index in [2.05, 4.69) is 0 Å². The Morgan fingerprint density at radius 3 is 2.43 bits per heavy atom. The zero-order chi connectivity index (χ0) is 15.5. The molecule has 5 nitrogen and oxygen atoms in total. The highest BCUT2D eigenvalue weighted by Crippen LogP contribution is 2.44. The van der Waals surface area contributed by atoms with Crippen molar-refractivity contribution in [1.82, 2.24) is 4.90 Å². The number of hydrogen-bond donors (Lipinski definition) is 1. The molecule has 1 atom stereocenters. The molecule has 0 aromatic heterocycles. The van der Waals surface area contributed by atoms with Crippen LogP contribution in [-0.2, 0) is 14.3 Å². The molecule has 0 aromatic carbocycles. The first-order valence-electron chi connectivity index (χ1n) is 7.96. The number of likely N-dealkylation sites (tertiary alicyclic amines) is 1. The van der Waals surface area contributed by atoms with Gasteiger partial charge in [0.2, 0.25) is 11.8 Å². The van der Waals surface area contributed by atoms with Crippen LogP contribution >= 0.6 is 0 Å². The van der Waals surface area contributed by atoms with Crippen LogP contribution in [0, 0.1) is 5.41 Å². The molecule has 1 aliphatic heterocycles. The number of methoxy groups -OCH3 is 1. The molecule has 0 bridgehead atoms. The summed E-state index contributed by atoms with van der Waals surface area (Å²) in [5, 5.41) is 10.4. The fourth-order valence-electron chi connectivity index (χ4n) is 3.56. The zero-order valence-electron chi connectivity index (χ0n) is 13.2. The van der Waals surface area contributed by atoms with E-state index in [1.165, 1.54) is 4.90 Å². The summed E-state index contributed by atoms with van der Waals surface area (Å²) in [4.78, 5) is 26.3. The molecule has 1 spiro atoms. The molecule has 5 heteroatoms. The second kappa shape index (κ2) is 6.44. The molecule has 2 aliphatic rings. The van der Waals surface area contributed by atoms with Crippen LogP contribution in [0.2, 0.25) is 0 Å². The highest BCUT2D eigenvalue weighted by molar-refractivity contribution is 6.06. The number of carbonyl (C=O) groups excluding carboxylic acids is 2. The number of β-amino-alcohol motifs (C(OH)–C–C–N with tert-alkyl or cyclic N) is 1. The van der Waals surface area contributed by atoms with Gasteiger partial charge < -0.3 is 9.84 Å². The minimum atomic E-state index is -1.09. The monoisotopic (exact) mass is 297 g/mol. The van der Waals surface area contributed by atoms with Crippen molar-refractivity contribution in [2.24, 2.45) is 5.41 Å². The molecule has 1 N–H and O–H groups in total. The lowest BCUT2D eigenvalue weighted by atomic mass is 9.79. The van der Waals surface area contributed by atoms with Crippen molar-refractivity contribution in [1.29, 1.82) is 0 Å². The van der Waals surface area contributed by atoms with Crippen LogP contribution < -0.4 is 0 Å². The van der Waals surface area contributed by atoms with Gasteiger partial charge in [-0.25, -0.2) is 0 Å². The quantitative estimate of drug-likeness (QED) is 0.787. The average molecular weight is 297 g/mol. The van der Waals surface area contributed by atoms with Gasteiger partial charge in [0.15, 0.2) is 0 Å². The van der Waals surface area contributed by atoms with Crippen molar-refractivity contribution in [2.45, 2.75) is 63.9 Å². The number of rotatable bonds is 5. The highest BCUT2D eigenvalue weighted by Gasteiger charge is 2.51. The third-order valence-electron chi connectivity index (χ3n) is 4.89. The number of nitrogens with zero attached hydrogens (tertiary/aromatic N) is 1. The molecule has 2 rings (SSSR count). The Labute approximate surface area is 126 Å². The molecule has 0 radical (unpaired) electrons. The number of hydrogen-bond acceptors (Lipinski definition) is 4. The molecular formula is C16H27NO4. The Bertz CT molecular complexity index is 397. The summed E-state index contributed by atoms with van der Waals surface area (Å²) in [5.74, 6) is -0.188. The number of amides is 2. The maximum absolute atomic E-state index is 12.8. The van der Waals surface area contributed by atoms with Gasteiger partial charge in [-0.2, -0.15) is 0 Å². The van der Waals surface area contributed by atoms with Gasteiger partial charge in [0.1, 0.15) is 0 Å². The van der Waals surface area contributed by atoms with Crippen molar-refractivity contribution in [2.75, 3.05) is 20.3 Å². The molecule has 1 aliphatic carbocycles. The smallest absolute Gasteiger partial charge is 0.236 e. The van der Waals surface area contributed by atoms with E-state index >= 15 is 0 Å². The lowest BCUT2D eigenvalue weighted by Gasteiger charge is -2.30. The predicted octanol–water partition coefficient (Wildman–Crippen LogP) is 1.87. The molecule has 1 saturated heterocycles. The van der Waals surface area contributed by atoms with Crippen LogP contribution in [0.25, 0.3) is 0 Å². The van der Waals surface area contributed by atoms with Gasteiger partial charge in [-0.05, 0) is 19.8 Å². The topological polar surface area (TPSA) is 66.8 Å². The third kappa shape index (κ3) is 3.64. The van der Waals surface area contributed by atoms with Crippen LogP contribution in [0.15, 0.2) is 0 Å². The van der Waals surface area contributed by atoms with Crippen molar-refractivity contribution < 1.29 is 19.4 Å². The second-order valence-electron chi connectivity index (χ2n) is 6.90. The lowest BCUT2D eigenvalue weighted by Crippen LogP contribution is -2.46. The van der Waals surface area contributed by atoms with Crippen LogP contribution in [0.1, 0.15) is 58.3 Å². The van der Waals surface area contributed by atoms with Gasteiger partial charge in [-0.15, -0.1) is 0 Å². The molecule has 2 amide bonds. The van der Waals surface area contributed by atoms with Gasteiger partial charge in [0, 0.05) is 26.6 Å². The highest BCUT2D eigenvalue weighted by atomic mass is 16.5. The second-order valence-corrected chi connectivity index (χ2v) is 6.90. The average Bonchev–Trinajstić information content (AvgIpc) is 2.63. The Balaban J connectivity index is 2.07. The number of imide groups is 1. The van der Waals surface area contributed by atoms with E-state index in [-0.39, 0.29) is 18.4 Å². The van der Waals surface area contributed by atoms with E-state index in [9.17, 15) is 14.7 Å². The summed E-state index contributed by atoms with van der Waals surface area (Å²) >= 11 is 0. The fourth-order valence-corrected chi connectivity index (χ4v) is 3.56. The molecule has 1 unspecified atom stereocenters. The van der Waals surface area contributed by atoms with E-state index in [0.29, 0.717) is 19.4 Å². The fraction of sp³-hybridized carbons (Fsp3) is 0.875. The molecule has 1 saturated carbocycles. The molecule has 1 heterocycles. The van der Waals surface area contributed by atoms with Gasteiger partial charge in [0.05, 0.1) is 17.6 Å². The first-order valence-corrected chi connectivity index (χ1v) is 7.96. The van der Waals surface area contributed by atoms with Crippen LogP contribution in [0.5, 0.6) is 0 Å². The third-order valence-corrected chi connectivity index (χ3v) is 4.89. The summed E-state index contributed by atoms with van der Waals surface area (Å²) in [5.41, 5.74) is -1.57. The predicted molar refractivity (Wildman–Crippen MR) is 78.6 cm³/mol. The van der Waals surface area contributed by atoms with Crippen LogP contribution in [0.4, 0.5) is 0 Å². The summed E-state index contributed by atoms with van der Waals surface area (Å²) in [7, 11) is 1.57. The normalized spacial score (nSPS) is 25.2. The summed E-state index contributed by atoms with van der Waals surface area (Å²) < 4.78 is 4.97. The minimum Gasteiger partial charge on any atom is -0.388 e. The molecule has 21 heavy (non-hydrogen) atoms. The van der Waals surface area contributed by atoms with Gasteiger partial charge >= 0.3 is 0 Å². The van der Waals surface area contributed by atoms with Gasteiger partial charge in [0.25, 0.3) is 0 Å². The van der Waals surface area contributed by atoms with E-state index in [0.717, 1.165) is 38.5 Å². The van der Waals surface area contributed by atoms with E-state index < -0.39 is 11.0 Å². The number of aliphatic hydroxyl groups is 1. The summed E-state index contributed by atoms with van der Waals surface area (Å²) in [6.07, 6.45) is 6.70. The molecule has 120 valence electrons. The first-order chi connectivity index (χ1) is 9.90. The van der Waals surface area contributed by atoms with Crippen molar-refractivity contribution in [3.05, 3.63) is 0 Å². The molecular weight excluding hydrogens is 270 g/mol. The lowest BCUT2D eigenvalue weighted by molar-refractivity contribution is -0.145. The van der Waals surface area contributed by atoms with E-state index in [1.54, 1.807) is 14.0 Å². The number of carbonyl (C=O) groups is 2. The zero-order valence-corrected chi connectivity index (χ0v) is 13.2. The van der Waals surface area contributed by atoms with Gasteiger partial charge in [-0.3, -0.25) is 14.5 Å². The first kappa shape index (κ1) is 16.4. The molecule has 2 fully saturated rings. The van der Waals surface area contributed by atoms with Crippen molar-refractivity contribution in [3.63, 3.8) is 0 Å². The van der Waals surface area contributed by atoms with Crippen molar-refractivity contribution >= 4 is 11.8 Å². The largest absolute Gasteiger partial charge is 0.388 e. The van der Waals surface area contributed by atoms with Crippen LogP contribution in [0.3, 0.4) is 0 Å². The summed E-state index contributed by atoms with van der Waals surface area (Å²) in [6.45, 7) is 2.15. The standard InChI is InChI=1S/C16H27NO4/c1-15(20,9-10-21-2)12-17-13(18)11-16(14(17)19)7-5-3-4-6-8-16/h20H,3-12H2,1-2H3.